The molecule has 0 rings (SSSR count). The number of thioether (sulfide) groups is 1. The molecule has 0 aliphatic heterocycles. The lowest BCUT2D eigenvalue weighted by molar-refractivity contribution is -0.139. The highest BCUT2D eigenvalue weighted by Gasteiger charge is 2.15. The van der Waals surface area contributed by atoms with Crippen molar-refractivity contribution in [3.05, 3.63) is 0 Å². The molecule has 0 bridgehead atoms. The molecule has 0 fully saturated rings. The first-order valence-electron chi connectivity index (χ1n) is 5.37. The maximum absolute atomic E-state index is 10.8. The molecule has 0 aliphatic carbocycles. The minimum absolute atomic E-state index is 0.212. The summed E-state index contributed by atoms with van der Waals surface area (Å²) in [4.78, 5) is 10.8. The fourth-order valence-corrected chi connectivity index (χ4v) is 2.04. The van der Waals surface area contributed by atoms with E-state index in [9.17, 15) is 4.79 Å². The van der Waals surface area contributed by atoms with Gasteiger partial charge in [0.25, 0.3) is 0 Å². The second kappa shape index (κ2) is 10.3. The zero-order chi connectivity index (χ0) is 11.5. The summed E-state index contributed by atoms with van der Waals surface area (Å²) >= 11 is 1.69. The second-order valence-corrected chi connectivity index (χ2v) is 4.55. The summed E-state index contributed by atoms with van der Waals surface area (Å²) in [5.41, 5.74) is 0. The third-order valence-electron chi connectivity index (χ3n) is 1.94. The van der Waals surface area contributed by atoms with Gasteiger partial charge in [0.05, 0.1) is 0 Å². The van der Waals surface area contributed by atoms with Crippen molar-refractivity contribution in [1.82, 2.24) is 5.32 Å². The molecule has 0 aromatic heterocycles. The van der Waals surface area contributed by atoms with Crippen molar-refractivity contribution in [1.29, 1.82) is 0 Å². The van der Waals surface area contributed by atoms with Gasteiger partial charge in [0.15, 0.2) is 0 Å². The summed E-state index contributed by atoms with van der Waals surface area (Å²) in [6.07, 6.45) is 2.37. The Morgan fingerprint density at radius 2 is 2.20 bits per heavy atom. The molecule has 4 nitrogen and oxygen atoms in total. The molecule has 5 heteroatoms. The topological polar surface area (TPSA) is 69.6 Å². The Labute approximate surface area is 95.4 Å². The van der Waals surface area contributed by atoms with Gasteiger partial charge < -0.3 is 15.5 Å². The molecular weight excluding hydrogens is 214 g/mol. The zero-order valence-electron chi connectivity index (χ0n) is 9.24. The normalized spacial score (nSPS) is 12.7. The van der Waals surface area contributed by atoms with Crippen LogP contribution in [0, 0.1) is 0 Å². The van der Waals surface area contributed by atoms with Crippen LogP contribution in [0.4, 0.5) is 0 Å². The third-order valence-corrected chi connectivity index (χ3v) is 3.04. The molecule has 0 saturated carbocycles. The highest BCUT2D eigenvalue weighted by molar-refractivity contribution is 7.99. The molecule has 0 saturated heterocycles. The molecule has 0 aromatic rings. The smallest absolute Gasteiger partial charge is 0.320 e. The Morgan fingerprint density at radius 1 is 1.47 bits per heavy atom. The first-order valence-corrected chi connectivity index (χ1v) is 6.52. The van der Waals surface area contributed by atoms with E-state index in [1.165, 1.54) is 0 Å². The average Bonchev–Trinajstić information content (AvgIpc) is 2.21. The summed E-state index contributed by atoms with van der Waals surface area (Å²) < 4.78 is 0. The number of carboxylic acid groups (broad SMARTS) is 1. The summed E-state index contributed by atoms with van der Waals surface area (Å²) in [5.74, 6) is 0.954. The largest absolute Gasteiger partial charge is 0.480 e. The van der Waals surface area contributed by atoms with Crippen LogP contribution in [0.15, 0.2) is 0 Å². The highest BCUT2D eigenvalue weighted by atomic mass is 32.2. The molecule has 0 radical (unpaired) electrons. The van der Waals surface area contributed by atoms with Gasteiger partial charge in [0.2, 0.25) is 0 Å². The van der Waals surface area contributed by atoms with Gasteiger partial charge in [0.1, 0.15) is 6.04 Å². The lowest BCUT2D eigenvalue weighted by atomic mass is 10.2. The molecule has 1 atom stereocenters. The number of aliphatic hydroxyl groups excluding tert-OH is 1. The van der Waals surface area contributed by atoms with E-state index in [0.29, 0.717) is 6.42 Å². The van der Waals surface area contributed by atoms with Gasteiger partial charge in [-0.15, -0.1) is 0 Å². The number of hydrogen-bond acceptors (Lipinski definition) is 4. The number of aliphatic hydroxyl groups is 1. The molecule has 3 N–H and O–H groups in total. The molecule has 15 heavy (non-hydrogen) atoms. The van der Waals surface area contributed by atoms with Crippen molar-refractivity contribution in [2.24, 2.45) is 0 Å². The van der Waals surface area contributed by atoms with Crippen molar-refractivity contribution >= 4 is 17.7 Å². The maximum Gasteiger partial charge on any atom is 0.320 e. The summed E-state index contributed by atoms with van der Waals surface area (Å²) in [7, 11) is 0. The third kappa shape index (κ3) is 8.72. The number of aliphatic carboxylic acids is 1. The minimum Gasteiger partial charge on any atom is -0.480 e. The van der Waals surface area contributed by atoms with Crippen LogP contribution in [-0.4, -0.2) is 46.9 Å². The first-order chi connectivity index (χ1) is 7.22. The van der Waals surface area contributed by atoms with E-state index < -0.39 is 12.0 Å². The Bertz CT molecular complexity index is 167. The van der Waals surface area contributed by atoms with Crippen molar-refractivity contribution in [3.63, 3.8) is 0 Å². The Kier molecular flexibility index (Phi) is 10.1. The number of carboxylic acids is 1. The molecule has 0 amide bonds. The van der Waals surface area contributed by atoms with E-state index in [0.717, 1.165) is 30.9 Å². The van der Waals surface area contributed by atoms with Crippen molar-refractivity contribution in [3.8, 4) is 0 Å². The van der Waals surface area contributed by atoms with E-state index in [2.05, 4.69) is 5.32 Å². The Morgan fingerprint density at radius 3 is 2.73 bits per heavy atom. The van der Waals surface area contributed by atoms with Gasteiger partial charge in [-0.25, -0.2) is 0 Å². The van der Waals surface area contributed by atoms with Gasteiger partial charge in [0, 0.05) is 6.61 Å². The molecule has 0 heterocycles. The lowest BCUT2D eigenvalue weighted by Gasteiger charge is -2.13. The van der Waals surface area contributed by atoms with Gasteiger partial charge in [-0.3, -0.25) is 4.79 Å². The fourth-order valence-electron chi connectivity index (χ4n) is 1.10. The number of hydrogen-bond donors (Lipinski definition) is 3. The number of carbonyl (C=O) groups is 1. The average molecular weight is 235 g/mol. The van der Waals surface area contributed by atoms with Crippen LogP contribution in [0.2, 0.25) is 0 Å². The molecule has 1 unspecified atom stereocenters. The van der Waals surface area contributed by atoms with E-state index in [-0.39, 0.29) is 6.61 Å². The maximum atomic E-state index is 10.8. The first kappa shape index (κ1) is 14.7. The van der Waals surface area contributed by atoms with Crippen molar-refractivity contribution < 1.29 is 15.0 Å². The summed E-state index contributed by atoms with van der Waals surface area (Å²) in [5, 5.41) is 20.4. The van der Waals surface area contributed by atoms with Crippen LogP contribution in [-0.2, 0) is 4.79 Å². The number of rotatable bonds is 10. The Balaban J connectivity index is 3.53. The van der Waals surface area contributed by atoms with Crippen LogP contribution in [0.25, 0.3) is 0 Å². The predicted octanol–water partition coefficient (Wildman–Crippen LogP) is 0.945. The van der Waals surface area contributed by atoms with Crippen molar-refractivity contribution in [2.45, 2.75) is 32.2 Å². The minimum atomic E-state index is -0.772. The van der Waals surface area contributed by atoms with E-state index in [1.807, 2.05) is 6.92 Å². The number of nitrogens with one attached hydrogen (secondary N) is 1. The summed E-state index contributed by atoms with van der Waals surface area (Å²) in [6, 6.07) is -0.424. The van der Waals surface area contributed by atoms with Crippen LogP contribution in [0.1, 0.15) is 26.2 Å². The van der Waals surface area contributed by atoms with Crippen LogP contribution in [0.3, 0.4) is 0 Å². The fraction of sp³-hybridized carbons (Fsp3) is 0.900. The SMILES string of the molecule is CCCNC(CCSCCCO)C(=O)O. The Hall–Kier alpha value is -0.260. The highest BCUT2D eigenvalue weighted by Crippen LogP contribution is 2.06. The standard InChI is InChI=1S/C10H21NO3S/c1-2-5-11-9(10(13)14)4-8-15-7-3-6-12/h9,11-12H,2-8H2,1H3,(H,13,14). The van der Waals surface area contributed by atoms with Gasteiger partial charge in [-0.2, -0.15) is 11.8 Å². The monoisotopic (exact) mass is 235 g/mol. The van der Waals surface area contributed by atoms with Gasteiger partial charge in [-0.05, 0) is 37.3 Å². The van der Waals surface area contributed by atoms with E-state index in [4.69, 9.17) is 10.2 Å². The zero-order valence-corrected chi connectivity index (χ0v) is 10.1. The van der Waals surface area contributed by atoms with Gasteiger partial charge >= 0.3 is 5.97 Å². The quantitative estimate of drug-likeness (QED) is 0.492. The van der Waals surface area contributed by atoms with E-state index in [1.54, 1.807) is 11.8 Å². The van der Waals surface area contributed by atoms with E-state index >= 15 is 0 Å². The summed E-state index contributed by atoms with van der Waals surface area (Å²) in [6.45, 7) is 2.98. The molecule has 0 aliphatic rings. The van der Waals surface area contributed by atoms with Crippen LogP contribution >= 0.6 is 11.8 Å². The second-order valence-electron chi connectivity index (χ2n) is 3.32. The lowest BCUT2D eigenvalue weighted by Crippen LogP contribution is -2.37. The van der Waals surface area contributed by atoms with Gasteiger partial charge in [-0.1, -0.05) is 6.92 Å². The van der Waals surface area contributed by atoms with Crippen LogP contribution < -0.4 is 5.32 Å². The molecule has 90 valence electrons. The molecule has 0 aromatic carbocycles. The predicted molar refractivity (Wildman–Crippen MR) is 63.4 cm³/mol. The van der Waals surface area contributed by atoms with Crippen LogP contribution in [0.5, 0.6) is 0 Å². The molecular formula is C10H21NO3S. The van der Waals surface area contributed by atoms with Crippen molar-refractivity contribution in [2.75, 3.05) is 24.7 Å². The molecule has 0 spiro atoms.